The molecule has 0 aliphatic heterocycles. The summed E-state index contributed by atoms with van der Waals surface area (Å²) in [6.45, 7) is 4.33. The van der Waals surface area contributed by atoms with E-state index in [-0.39, 0.29) is 0 Å². The SMILES string of the molecule is CCC(CC)c1nc(-c2ccn(C)c2)co1. The van der Waals surface area contributed by atoms with E-state index in [0.717, 1.165) is 30.0 Å². The van der Waals surface area contributed by atoms with Crippen molar-refractivity contribution in [1.29, 1.82) is 0 Å². The first kappa shape index (κ1) is 11.0. The molecule has 0 aliphatic carbocycles. The molecule has 3 heteroatoms. The first-order valence-corrected chi connectivity index (χ1v) is 5.82. The highest BCUT2D eigenvalue weighted by Crippen LogP contribution is 2.26. The van der Waals surface area contributed by atoms with E-state index < -0.39 is 0 Å². The van der Waals surface area contributed by atoms with Gasteiger partial charge in [-0.25, -0.2) is 4.98 Å². The molecule has 0 spiro atoms. The van der Waals surface area contributed by atoms with E-state index in [1.807, 2.05) is 17.8 Å². The fourth-order valence-corrected chi connectivity index (χ4v) is 1.90. The Balaban J connectivity index is 2.25. The van der Waals surface area contributed by atoms with Crippen LogP contribution in [0.3, 0.4) is 0 Å². The number of oxazole rings is 1. The number of aromatic nitrogens is 2. The number of nitrogens with zero attached hydrogens (tertiary/aromatic N) is 2. The average Bonchev–Trinajstić information content (AvgIpc) is 2.89. The van der Waals surface area contributed by atoms with Crippen molar-refractivity contribution in [2.45, 2.75) is 32.6 Å². The summed E-state index contributed by atoms with van der Waals surface area (Å²) in [5.41, 5.74) is 2.05. The van der Waals surface area contributed by atoms with Crippen molar-refractivity contribution in [1.82, 2.24) is 9.55 Å². The third-order valence-electron chi connectivity index (χ3n) is 2.98. The van der Waals surface area contributed by atoms with Crippen molar-refractivity contribution in [2.24, 2.45) is 7.05 Å². The number of hydrogen-bond acceptors (Lipinski definition) is 2. The maximum Gasteiger partial charge on any atom is 0.197 e. The zero-order chi connectivity index (χ0) is 11.5. The first-order chi connectivity index (χ1) is 7.74. The van der Waals surface area contributed by atoms with Gasteiger partial charge in [0, 0.05) is 30.9 Å². The average molecular weight is 218 g/mol. The minimum absolute atomic E-state index is 0.442. The van der Waals surface area contributed by atoms with Gasteiger partial charge in [-0.2, -0.15) is 0 Å². The van der Waals surface area contributed by atoms with Gasteiger partial charge in [-0.1, -0.05) is 13.8 Å². The van der Waals surface area contributed by atoms with Crippen LogP contribution < -0.4 is 0 Å². The second kappa shape index (κ2) is 4.56. The standard InChI is InChI=1S/C13H18N2O/c1-4-10(5-2)13-14-12(9-16-13)11-6-7-15(3)8-11/h6-10H,4-5H2,1-3H3. The molecule has 86 valence electrons. The summed E-state index contributed by atoms with van der Waals surface area (Å²) in [6.07, 6.45) is 7.97. The van der Waals surface area contributed by atoms with Gasteiger partial charge in [-0.15, -0.1) is 0 Å². The lowest BCUT2D eigenvalue weighted by atomic mass is 10.0. The van der Waals surface area contributed by atoms with Crippen molar-refractivity contribution < 1.29 is 4.42 Å². The molecule has 0 N–H and O–H groups in total. The molecule has 0 fully saturated rings. The molecule has 3 nitrogen and oxygen atoms in total. The lowest BCUT2D eigenvalue weighted by molar-refractivity contribution is 0.431. The predicted octanol–water partition coefficient (Wildman–Crippen LogP) is 3.58. The number of rotatable bonds is 4. The largest absolute Gasteiger partial charge is 0.448 e. The molecule has 0 bridgehead atoms. The van der Waals surface area contributed by atoms with Crippen LogP contribution >= 0.6 is 0 Å². The summed E-state index contributed by atoms with van der Waals surface area (Å²) >= 11 is 0. The fourth-order valence-electron chi connectivity index (χ4n) is 1.90. The summed E-state index contributed by atoms with van der Waals surface area (Å²) in [7, 11) is 2.01. The van der Waals surface area contributed by atoms with Crippen LogP contribution in [-0.4, -0.2) is 9.55 Å². The van der Waals surface area contributed by atoms with Crippen molar-refractivity contribution in [2.75, 3.05) is 0 Å². The molecule has 0 atom stereocenters. The molecular formula is C13H18N2O. The Labute approximate surface area is 96.1 Å². The highest BCUT2D eigenvalue weighted by atomic mass is 16.3. The van der Waals surface area contributed by atoms with Gasteiger partial charge in [-0.05, 0) is 18.9 Å². The Morgan fingerprint density at radius 1 is 1.38 bits per heavy atom. The molecular weight excluding hydrogens is 200 g/mol. The highest BCUT2D eigenvalue weighted by Gasteiger charge is 2.14. The molecule has 2 heterocycles. The second-order valence-electron chi connectivity index (χ2n) is 4.15. The number of hydrogen-bond donors (Lipinski definition) is 0. The quantitative estimate of drug-likeness (QED) is 0.785. The van der Waals surface area contributed by atoms with Crippen LogP contribution in [0.4, 0.5) is 0 Å². The summed E-state index contributed by atoms with van der Waals surface area (Å²) in [4.78, 5) is 4.56. The molecule has 2 aromatic rings. The van der Waals surface area contributed by atoms with Gasteiger partial charge in [0.1, 0.15) is 12.0 Å². The van der Waals surface area contributed by atoms with E-state index in [1.165, 1.54) is 0 Å². The van der Waals surface area contributed by atoms with Crippen LogP contribution in [-0.2, 0) is 7.05 Å². The van der Waals surface area contributed by atoms with E-state index in [1.54, 1.807) is 6.26 Å². The zero-order valence-electron chi connectivity index (χ0n) is 10.1. The molecule has 0 aliphatic rings. The molecule has 0 saturated carbocycles. The molecule has 0 unspecified atom stereocenters. The fraction of sp³-hybridized carbons (Fsp3) is 0.462. The first-order valence-electron chi connectivity index (χ1n) is 5.82. The summed E-state index contributed by atoms with van der Waals surface area (Å²) in [5.74, 6) is 1.31. The van der Waals surface area contributed by atoms with Gasteiger partial charge >= 0.3 is 0 Å². The van der Waals surface area contributed by atoms with Crippen LogP contribution in [0.1, 0.15) is 38.5 Å². The van der Waals surface area contributed by atoms with E-state index in [0.29, 0.717) is 5.92 Å². The lowest BCUT2D eigenvalue weighted by Gasteiger charge is -2.05. The van der Waals surface area contributed by atoms with E-state index in [9.17, 15) is 0 Å². The topological polar surface area (TPSA) is 31.0 Å². The van der Waals surface area contributed by atoms with Crippen molar-refractivity contribution in [3.05, 3.63) is 30.6 Å². The van der Waals surface area contributed by atoms with Crippen LogP contribution in [0.15, 0.2) is 29.1 Å². The Bertz CT molecular complexity index is 452. The maximum absolute atomic E-state index is 5.55. The van der Waals surface area contributed by atoms with Crippen LogP contribution in [0.5, 0.6) is 0 Å². The van der Waals surface area contributed by atoms with Gasteiger partial charge in [-0.3, -0.25) is 0 Å². The van der Waals surface area contributed by atoms with Gasteiger partial charge < -0.3 is 8.98 Å². The van der Waals surface area contributed by atoms with Crippen molar-refractivity contribution >= 4 is 0 Å². The smallest absolute Gasteiger partial charge is 0.197 e. The predicted molar refractivity (Wildman–Crippen MR) is 64.2 cm³/mol. The summed E-state index contributed by atoms with van der Waals surface area (Å²) < 4.78 is 7.57. The summed E-state index contributed by atoms with van der Waals surface area (Å²) in [6, 6.07) is 2.05. The molecule has 16 heavy (non-hydrogen) atoms. The summed E-state index contributed by atoms with van der Waals surface area (Å²) in [5, 5.41) is 0. The lowest BCUT2D eigenvalue weighted by Crippen LogP contribution is -1.95. The molecule has 0 radical (unpaired) electrons. The van der Waals surface area contributed by atoms with Crippen molar-refractivity contribution in [3.63, 3.8) is 0 Å². The van der Waals surface area contributed by atoms with Crippen LogP contribution in [0.2, 0.25) is 0 Å². The zero-order valence-corrected chi connectivity index (χ0v) is 10.1. The molecule has 2 aromatic heterocycles. The van der Waals surface area contributed by atoms with Crippen LogP contribution in [0, 0.1) is 0 Å². The molecule has 2 rings (SSSR count). The van der Waals surface area contributed by atoms with E-state index in [4.69, 9.17) is 4.42 Å². The Morgan fingerprint density at radius 2 is 2.12 bits per heavy atom. The molecule has 0 saturated heterocycles. The van der Waals surface area contributed by atoms with Gasteiger partial charge in [0.25, 0.3) is 0 Å². The Morgan fingerprint density at radius 3 is 2.69 bits per heavy atom. The van der Waals surface area contributed by atoms with Gasteiger partial charge in [0.15, 0.2) is 5.89 Å². The third-order valence-corrected chi connectivity index (χ3v) is 2.98. The molecule has 0 amide bonds. The third kappa shape index (κ3) is 2.03. The van der Waals surface area contributed by atoms with Crippen LogP contribution in [0.25, 0.3) is 11.3 Å². The normalized spacial score (nSPS) is 11.2. The second-order valence-corrected chi connectivity index (χ2v) is 4.15. The number of aryl methyl sites for hydroxylation is 1. The monoisotopic (exact) mass is 218 g/mol. The Hall–Kier alpha value is -1.51. The minimum atomic E-state index is 0.442. The highest BCUT2D eigenvalue weighted by molar-refractivity contribution is 5.56. The Kier molecular flexibility index (Phi) is 3.13. The van der Waals surface area contributed by atoms with E-state index in [2.05, 4.69) is 31.1 Å². The maximum atomic E-state index is 5.55. The van der Waals surface area contributed by atoms with Gasteiger partial charge in [0.2, 0.25) is 0 Å². The van der Waals surface area contributed by atoms with Crippen molar-refractivity contribution in [3.8, 4) is 11.3 Å². The van der Waals surface area contributed by atoms with Gasteiger partial charge in [0.05, 0.1) is 0 Å². The van der Waals surface area contributed by atoms with E-state index >= 15 is 0 Å². The molecule has 0 aromatic carbocycles. The minimum Gasteiger partial charge on any atom is -0.448 e.